The monoisotopic (exact) mass is 395 g/mol. The lowest BCUT2D eigenvalue weighted by molar-refractivity contribution is -0.133. The molecule has 1 fully saturated rings. The zero-order chi connectivity index (χ0) is 20.8. The van der Waals surface area contributed by atoms with Crippen LogP contribution in [0.2, 0.25) is 0 Å². The molecule has 0 N–H and O–H groups in total. The van der Waals surface area contributed by atoms with Gasteiger partial charge in [-0.1, -0.05) is 36.4 Å². The number of methoxy groups -OCH3 is 1. The first-order valence-corrected chi connectivity index (χ1v) is 9.93. The summed E-state index contributed by atoms with van der Waals surface area (Å²) in [6.45, 7) is 1.38. The summed E-state index contributed by atoms with van der Waals surface area (Å²) in [7, 11) is 5.26. The molecule has 0 aromatic heterocycles. The lowest BCUT2D eigenvalue weighted by Crippen LogP contribution is -2.53. The molecule has 6 heteroatoms. The summed E-state index contributed by atoms with van der Waals surface area (Å²) in [5, 5.41) is 0. The Kier molecular flexibility index (Phi) is 6.88. The fourth-order valence-corrected chi connectivity index (χ4v) is 3.75. The van der Waals surface area contributed by atoms with Gasteiger partial charge in [-0.3, -0.25) is 14.5 Å². The van der Waals surface area contributed by atoms with Crippen LogP contribution in [-0.2, 0) is 16.1 Å². The normalized spacial score (nSPS) is 16.8. The van der Waals surface area contributed by atoms with Crippen LogP contribution in [0.1, 0.15) is 18.4 Å². The Morgan fingerprint density at radius 2 is 1.79 bits per heavy atom. The smallest absolute Gasteiger partial charge is 0.244 e. The van der Waals surface area contributed by atoms with Gasteiger partial charge in [0.05, 0.1) is 19.7 Å². The number of carbonyl (C=O) groups is 2. The number of hydrogen-bond donors (Lipinski definition) is 0. The van der Waals surface area contributed by atoms with E-state index in [0.717, 1.165) is 36.4 Å². The van der Waals surface area contributed by atoms with E-state index in [1.807, 2.05) is 71.4 Å². The van der Waals surface area contributed by atoms with Gasteiger partial charge < -0.3 is 14.5 Å². The van der Waals surface area contributed by atoms with Gasteiger partial charge in [0.2, 0.25) is 11.8 Å². The summed E-state index contributed by atoms with van der Waals surface area (Å²) in [6.07, 6.45) is 1.68. The highest BCUT2D eigenvalue weighted by molar-refractivity contribution is 5.98. The molecule has 2 amide bonds. The quantitative estimate of drug-likeness (QED) is 0.723. The van der Waals surface area contributed by atoms with Gasteiger partial charge in [-0.05, 0) is 38.1 Å². The third-order valence-corrected chi connectivity index (χ3v) is 5.42. The number of nitrogens with zero attached hydrogens (tertiary/aromatic N) is 3. The maximum Gasteiger partial charge on any atom is 0.244 e. The molecular formula is C23H29N3O3. The largest absolute Gasteiger partial charge is 0.496 e. The lowest BCUT2D eigenvalue weighted by atomic mass is 10.0. The number of likely N-dealkylation sites (N-methyl/N-ethyl adjacent to an activating group) is 2. The number of benzene rings is 2. The van der Waals surface area contributed by atoms with Gasteiger partial charge in [-0.2, -0.15) is 0 Å². The van der Waals surface area contributed by atoms with Crippen molar-refractivity contribution in [3.63, 3.8) is 0 Å². The van der Waals surface area contributed by atoms with Gasteiger partial charge in [-0.25, -0.2) is 0 Å². The maximum absolute atomic E-state index is 13.0. The number of para-hydroxylation sites is 2. The van der Waals surface area contributed by atoms with Crippen LogP contribution in [0.5, 0.6) is 5.75 Å². The van der Waals surface area contributed by atoms with E-state index in [0.29, 0.717) is 6.54 Å². The first kappa shape index (κ1) is 20.9. The van der Waals surface area contributed by atoms with Crippen molar-refractivity contribution in [1.82, 2.24) is 9.80 Å². The molecular weight excluding hydrogens is 366 g/mol. The fraction of sp³-hybridized carbons (Fsp3) is 0.391. The summed E-state index contributed by atoms with van der Waals surface area (Å²) in [6, 6.07) is 17.1. The highest BCUT2D eigenvalue weighted by Crippen LogP contribution is 2.23. The number of ether oxygens (including phenoxy) is 1. The Balaban J connectivity index is 1.62. The number of hydrogen-bond acceptors (Lipinski definition) is 4. The van der Waals surface area contributed by atoms with Crippen molar-refractivity contribution < 1.29 is 14.3 Å². The lowest BCUT2D eigenvalue weighted by Gasteiger charge is -2.37. The summed E-state index contributed by atoms with van der Waals surface area (Å²) in [5.74, 6) is 0.801. The van der Waals surface area contributed by atoms with E-state index >= 15 is 0 Å². The third-order valence-electron chi connectivity index (χ3n) is 5.42. The Morgan fingerprint density at radius 1 is 1.10 bits per heavy atom. The Labute approximate surface area is 172 Å². The van der Waals surface area contributed by atoms with Crippen LogP contribution in [0.4, 0.5) is 5.69 Å². The van der Waals surface area contributed by atoms with E-state index in [2.05, 4.69) is 0 Å². The van der Waals surface area contributed by atoms with Crippen molar-refractivity contribution in [1.29, 1.82) is 0 Å². The Morgan fingerprint density at radius 3 is 2.52 bits per heavy atom. The molecule has 1 heterocycles. The van der Waals surface area contributed by atoms with Gasteiger partial charge in [0.15, 0.2) is 0 Å². The molecule has 6 nitrogen and oxygen atoms in total. The van der Waals surface area contributed by atoms with Crippen LogP contribution in [0.15, 0.2) is 54.6 Å². The molecule has 0 aliphatic carbocycles. The molecule has 154 valence electrons. The molecule has 2 aromatic carbocycles. The third kappa shape index (κ3) is 4.95. The first-order chi connectivity index (χ1) is 14.0. The standard InChI is InChI=1S/C23H29N3O3/c1-24(17-22(27)25(2)16-18-10-7-8-14-21(18)29-3)20-13-9-15-26(23(20)28)19-11-5-4-6-12-19/h4-8,10-12,14,20H,9,13,15-17H2,1-3H3. The highest BCUT2D eigenvalue weighted by Gasteiger charge is 2.33. The van der Waals surface area contributed by atoms with E-state index in [9.17, 15) is 9.59 Å². The van der Waals surface area contributed by atoms with Crippen LogP contribution in [-0.4, -0.2) is 62.0 Å². The van der Waals surface area contributed by atoms with E-state index in [4.69, 9.17) is 4.74 Å². The van der Waals surface area contributed by atoms with Gasteiger partial charge in [0.1, 0.15) is 5.75 Å². The average Bonchev–Trinajstić information content (AvgIpc) is 2.74. The molecule has 1 aliphatic rings. The maximum atomic E-state index is 13.0. The average molecular weight is 396 g/mol. The van der Waals surface area contributed by atoms with Crippen LogP contribution >= 0.6 is 0 Å². The minimum atomic E-state index is -0.285. The number of piperidine rings is 1. The van der Waals surface area contributed by atoms with Crippen LogP contribution in [0, 0.1) is 0 Å². The molecule has 0 saturated carbocycles. The first-order valence-electron chi connectivity index (χ1n) is 9.93. The van der Waals surface area contributed by atoms with Gasteiger partial charge in [-0.15, -0.1) is 0 Å². The molecule has 1 saturated heterocycles. The summed E-state index contributed by atoms with van der Waals surface area (Å²) >= 11 is 0. The molecule has 0 bridgehead atoms. The van der Waals surface area contributed by atoms with E-state index in [-0.39, 0.29) is 24.4 Å². The van der Waals surface area contributed by atoms with Gasteiger partial charge in [0, 0.05) is 31.4 Å². The van der Waals surface area contributed by atoms with Crippen molar-refractivity contribution in [3.8, 4) is 5.75 Å². The second-order valence-corrected chi connectivity index (χ2v) is 7.46. The van der Waals surface area contributed by atoms with Crippen molar-refractivity contribution in [2.45, 2.75) is 25.4 Å². The van der Waals surface area contributed by atoms with Crippen molar-refractivity contribution in [2.24, 2.45) is 0 Å². The van der Waals surface area contributed by atoms with E-state index < -0.39 is 0 Å². The zero-order valence-corrected chi connectivity index (χ0v) is 17.4. The van der Waals surface area contributed by atoms with Crippen LogP contribution in [0.25, 0.3) is 0 Å². The summed E-state index contributed by atoms with van der Waals surface area (Å²) in [5.41, 5.74) is 1.87. The molecule has 1 aliphatic heterocycles. The number of carbonyl (C=O) groups excluding carboxylic acids is 2. The molecule has 0 radical (unpaired) electrons. The SMILES string of the molecule is COc1ccccc1CN(C)C(=O)CN(C)C1CCCN(c2ccccc2)C1=O. The van der Waals surface area contributed by atoms with E-state index in [1.54, 1.807) is 19.1 Å². The summed E-state index contributed by atoms with van der Waals surface area (Å²) in [4.78, 5) is 31.2. The molecule has 1 atom stereocenters. The zero-order valence-electron chi connectivity index (χ0n) is 17.4. The Hall–Kier alpha value is -2.86. The van der Waals surface area contributed by atoms with Crippen LogP contribution in [0.3, 0.4) is 0 Å². The minimum Gasteiger partial charge on any atom is -0.496 e. The number of rotatable bonds is 7. The highest BCUT2D eigenvalue weighted by atomic mass is 16.5. The van der Waals surface area contributed by atoms with Crippen LogP contribution < -0.4 is 9.64 Å². The van der Waals surface area contributed by atoms with E-state index in [1.165, 1.54) is 0 Å². The fourth-order valence-electron chi connectivity index (χ4n) is 3.75. The molecule has 1 unspecified atom stereocenters. The number of anilines is 1. The van der Waals surface area contributed by atoms with Gasteiger partial charge in [0.25, 0.3) is 0 Å². The second kappa shape index (κ2) is 9.56. The van der Waals surface area contributed by atoms with Crippen molar-refractivity contribution in [3.05, 3.63) is 60.2 Å². The van der Waals surface area contributed by atoms with Crippen molar-refractivity contribution >= 4 is 17.5 Å². The predicted octanol–water partition coefficient (Wildman–Crippen LogP) is 2.78. The number of amides is 2. The Bertz CT molecular complexity index is 840. The molecule has 3 rings (SSSR count). The molecule has 2 aromatic rings. The van der Waals surface area contributed by atoms with Crippen molar-refractivity contribution in [2.75, 3.05) is 39.2 Å². The topological polar surface area (TPSA) is 53.1 Å². The molecule has 0 spiro atoms. The summed E-state index contributed by atoms with van der Waals surface area (Å²) < 4.78 is 5.37. The molecule has 29 heavy (non-hydrogen) atoms. The second-order valence-electron chi connectivity index (χ2n) is 7.46. The minimum absolute atomic E-state index is 0.0250. The predicted molar refractivity (Wildman–Crippen MR) is 114 cm³/mol. The van der Waals surface area contributed by atoms with Gasteiger partial charge >= 0.3 is 0 Å².